The minimum atomic E-state index is -3.81. The van der Waals surface area contributed by atoms with E-state index in [9.17, 15) is 22.8 Å². The molecule has 2 N–H and O–H groups in total. The second-order valence-electron chi connectivity index (χ2n) is 5.44. The van der Waals surface area contributed by atoms with Gasteiger partial charge in [-0.3, -0.25) is 14.5 Å². The van der Waals surface area contributed by atoms with Gasteiger partial charge in [-0.2, -0.15) is 0 Å². The van der Waals surface area contributed by atoms with Crippen molar-refractivity contribution in [3.05, 3.63) is 42.1 Å². The number of hydrogen-bond acceptors (Lipinski definition) is 6. The van der Waals surface area contributed by atoms with Gasteiger partial charge in [0.1, 0.15) is 22.9 Å². The first-order chi connectivity index (χ1) is 11.8. The summed E-state index contributed by atoms with van der Waals surface area (Å²) >= 11 is 1.30. The number of nitrogens with zero attached hydrogens (tertiary/aromatic N) is 1. The molecule has 2 amide bonds. The molecule has 2 aliphatic rings. The maximum Gasteiger partial charge on any atom is 0.352 e. The van der Waals surface area contributed by atoms with Crippen molar-refractivity contribution in [3.63, 3.8) is 0 Å². The second-order valence-corrected chi connectivity index (χ2v) is 8.58. The van der Waals surface area contributed by atoms with Crippen LogP contribution in [-0.4, -0.2) is 59.1 Å². The van der Waals surface area contributed by atoms with Gasteiger partial charge in [-0.1, -0.05) is 18.2 Å². The Morgan fingerprint density at radius 1 is 1.28 bits per heavy atom. The maximum atomic E-state index is 12.2. The van der Waals surface area contributed by atoms with Crippen molar-refractivity contribution in [2.75, 3.05) is 11.5 Å². The summed E-state index contributed by atoms with van der Waals surface area (Å²) in [4.78, 5) is 36.4. The highest BCUT2D eigenvalue weighted by Gasteiger charge is 2.52. The first kappa shape index (κ1) is 17.5. The SMILES string of the molecule is O=C(CS(=O)(=O)c1ccccc1)NC1C(=O)N2C(C(=O)O)=CCS[C@@H]12. The van der Waals surface area contributed by atoms with Crippen molar-refractivity contribution in [1.29, 1.82) is 0 Å². The van der Waals surface area contributed by atoms with Crippen molar-refractivity contribution in [2.45, 2.75) is 16.3 Å². The number of carbonyl (C=O) groups is 3. The van der Waals surface area contributed by atoms with Gasteiger partial charge in [-0.25, -0.2) is 13.2 Å². The summed E-state index contributed by atoms with van der Waals surface area (Å²) in [5, 5.41) is 11.0. The number of thioether (sulfide) groups is 1. The van der Waals surface area contributed by atoms with Crippen molar-refractivity contribution in [1.82, 2.24) is 10.2 Å². The van der Waals surface area contributed by atoms with Crippen LogP contribution in [0.4, 0.5) is 0 Å². The zero-order valence-electron chi connectivity index (χ0n) is 12.8. The Kier molecular flexibility index (Phi) is 4.56. The molecule has 1 unspecified atom stereocenters. The molecule has 1 aromatic carbocycles. The predicted octanol–water partition coefficient (Wildman–Crippen LogP) is -0.171. The lowest BCUT2D eigenvalue weighted by Gasteiger charge is -2.48. The topological polar surface area (TPSA) is 121 Å². The van der Waals surface area contributed by atoms with Crippen molar-refractivity contribution < 1.29 is 27.9 Å². The van der Waals surface area contributed by atoms with E-state index in [1.807, 2.05) is 0 Å². The average Bonchev–Trinajstić information content (AvgIpc) is 2.59. The number of carboxylic acids is 1. The van der Waals surface area contributed by atoms with Crippen molar-refractivity contribution in [2.24, 2.45) is 0 Å². The molecule has 0 radical (unpaired) electrons. The van der Waals surface area contributed by atoms with E-state index >= 15 is 0 Å². The number of amides is 2. The van der Waals surface area contributed by atoms with Crippen LogP contribution in [0.25, 0.3) is 0 Å². The largest absolute Gasteiger partial charge is 0.477 e. The first-order valence-electron chi connectivity index (χ1n) is 7.26. The molecule has 0 saturated carbocycles. The van der Waals surface area contributed by atoms with Gasteiger partial charge in [0.05, 0.1) is 4.90 Å². The third-order valence-corrected chi connectivity index (χ3v) is 6.62. The molecule has 2 aliphatic heterocycles. The number of carboxylic acid groups (broad SMARTS) is 1. The number of sulfone groups is 1. The van der Waals surface area contributed by atoms with Crippen LogP contribution in [0.2, 0.25) is 0 Å². The van der Waals surface area contributed by atoms with E-state index in [0.29, 0.717) is 5.75 Å². The van der Waals surface area contributed by atoms with Crippen LogP contribution in [0.3, 0.4) is 0 Å². The third-order valence-electron chi connectivity index (χ3n) is 3.81. The summed E-state index contributed by atoms with van der Waals surface area (Å²) < 4.78 is 24.4. The van der Waals surface area contributed by atoms with E-state index in [-0.39, 0.29) is 10.6 Å². The molecule has 1 fully saturated rings. The lowest BCUT2D eigenvalue weighted by Crippen LogP contribution is -2.70. The number of rotatable bonds is 5. The smallest absolute Gasteiger partial charge is 0.352 e. The van der Waals surface area contributed by atoms with Crippen molar-refractivity contribution >= 4 is 39.4 Å². The molecule has 25 heavy (non-hydrogen) atoms. The molecule has 0 spiro atoms. The molecule has 1 aromatic rings. The van der Waals surface area contributed by atoms with Crippen LogP contribution in [0.5, 0.6) is 0 Å². The van der Waals surface area contributed by atoms with Crippen LogP contribution in [0, 0.1) is 0 Å². The Labute approximate surface area is 147 Å². The fourth-order valence-electron chi connectivity index (χ4n) is 2.64. The molecule has 0 aromatic heterocycles. The Bertz CT molecular complexity index is 865. The molecule has 2 heterocycles. The summed E-state index contributed by atoms with van der Waals surface area (Å²) in [6, 6.07) is 6.62. The van der Waals surface area contributed by atoms with E-state index in [1.54, 1.807) is 18.2 Å². The van der Waals surface area contributed by atoms with E-state index in [0.717, 1.165) is 4.90 Å². The van der Waals surface area contributed by atoms with Crippen LogP contribution in [0.1, 0.15) is 0 Å². The van der Waals surface area contributed by atoms with Gasteiger partial charge in [0, 0.05) is 5.75 Å². The van der Waals surface area contributed by atoms with E-state index in [2.05, 4.69) is 5.32 Å². The lowest BCUT2D eigenvalue weighted by atomic mass is 10.1. The molecule has 1 saturated heterocycles. The molecule has 8 nitrogen and oxygen atoms in total. The first-order valence-corrected chi connectivity index (χ1v) is 9.96. The molecule has 2 atom stereocenters. The molecular formula is C15H14N2O6S2. The Balaban J connectivity index is 1.66. The fourth-order valence-corrected chi connectivity index (χ4v) is 5.00. The molecule has 0 bridgehead atoms. The normalized spacial score (nSPS) is 22.5. The highest BCUT2D eigenvalue weighted by molar-refractivity contribution is 8.00. The molecular weight excluding hydrogens is 368 g/mol. The monoisotopic (exact) mass is 382 g/mol. The van der Waals surface area contributed by atoms with Gasteiger partial charge in [-0.15, -0.1) is 11.8 Å². The zero-order valence-corrected chi connectivity index (χ0v) is 14.4. The molecule has 3 rings (SSSR count). The molecule has 132 valence electrons. The quantitative estimate of drug-likeness (QED) is 0.678. The van der Waals surface area contributed by atoms with Gasteiger partial charge in [0.15, 0.2) is 9.84 Å². The maximum absolute atomic E-state index is 12.2. The van der Waals surface area contributed by atoms with Crippen molar-refractivity contribution in [3.8, 4) is 0 Å². The number of aliphatic carboxylic acids is 1. The number of benzene rings is 1. The Morgan fingerprint density at radius 2 is 1.96 bits per heavy atom. The molecule has 0 aliphatic carbocycles. The number of carbonyl (C=O) groups excluding carboxylic acids is 2. The average molecular weight is 382 g/mol. The number of β-lactam (4-membered cyclic amide) rings is 1. The lowest BCUT2D eigenvalue weighted by molar-refractivity contribution is -0.150. The standard InChI is InChI=1S/C15H14N2O6S2/c18-11(8-25(22,23)9-4-2-1-3-5-9)16-12-13(19)17-10(15(20)21)6-7-24-14(12)17/h1-6,12,14H,7-8H2,(H,16,18)(H,20,21)/t12?,14-/m0/s1. The summed E-state index contributed by atoms with van der Waals surface area (Å²) in [7, 11) is -3.81. The van der Waals surface area contributed by atoms with E-state index in [1.165, 1.54) is 30.0 Å². The summed E-state index contributed by atoms with van der Waals surface area (Å²) in [5.41, 5.74) is -0.115. The van der Waals surface area contributed by atoms with E-state index < -0.39 is 44.8 Å². The summed E-state index contributed by atoms with van der Waals surface area (Å²) in [6.07, 6.45) is 1.43. The Hall–Kier alpha value is -2.33. The van der Waals surface area contributed by atoms with Crippen LogP contribution >= 0.6 is 11.8 Å². The van der Waals surface area contributed by atoms with E-state index in [4.69, 9.17) is 5.11 Å². The highest BCUT2D eigenvalue weighted by atomic mass is 32.2. The zero-order chi connectivity index (χ0) is 18.2. The molecule has 10 heteroatoms. The van der Waals surface area contributed by atoms with Gasteiger partial charge in [0.25, 0.3) is 5.91 Å². The summed E-state index contributed by atoms with van der Waals surface area (Å²) in [5.74, 6) is -2.95. The van der Waals surface area contributed by atoms with Gasteiger partial charge in [-0.05, 0) is 18.2 Å². The Morgan fingerprint density at radius 3 is 2.60 bits per heavy atom. The summed E-state index contributed by atoms with van der Waals surface area (Å²) in [6.45, 7) is 0. The van der Waals surface area contributed by atoms with Crippen LogP contribution in [-0.2, 0) is 24.2 Å². The van der Waals surface area contributed by atoms with Crippen LogP contribution < -0.4 is 5.32 Å². The van der Waals surface area contributed by atoms with Gasteiger partial charge < -0.3 is 10.4 Å². The third kappa shape index (κ3) is 3.27. The van der Waals surface area contributed by atoms with Gasteiger partial charge >= 0.3 is 5.97 Å². The minimum Gasteiger partial charge on any atom is -0.477 e. The predicted molar refractivity (Wildman–Crippen MR) is 89.2 cm³/mol. The highest BCUT2D eigenvalue weighted by Crippen LogP contribution is 2.37. The number of nitrogens with one attached hydrogen (secondary N) is 1. The van der Waals surface area contributed by atoms with Crippen LogP contribution in [0.15, 0.2) is 47.0 Å². The fraction of sp³-hybridized carbons (Fsp3) is 0.267. The number of fused-ring (bicyclic) bond motifs is 1. The van der Waals surface area contributed by atoms with Gasteiger partial charge in [0.2, 0.25) is 5.91 Å². The minimum absolute atomic E-state index is 0.0230. The number of hydrogen-bond donors (Lipinski definition) is 2. The second kappa shape index (κ2) is 6.52.